The molecule has 1 aromatic carbocycles. The average Bonchev–Trinajstić information content (AvgIpc) is 3.05. The van der Waals surface area contributed by atoms with Gasteiger partial charge in [-0.25, -0.2) is 4.99 Å². The van der Waals surface area contributed by atoms with E-state index in [-0.39, 0.29) is 5.60 Å². The van der Waals surface area contributed by atoms with E-state index >= 15 is 0 Å². The molecule has 138 valence electrons. The zero-order valence-corrected chi connectivity index (χ0v) is 15.2. The fraction of sp³-hybridized carbons (Fsp3) is 0.650. The van der Waals surface area contributed by atoms with Gasteiger partial charge in [-0.1, -0.05) is 30.3 Å². The van der Waals surface area contributed by atoms with Gasteiger partial charge >= 0.3 is 0 Å². The van der Waals surface area contributed by atoms with Gasteiger partial charge in [-0.05, 0) is 31.2 Å². The predicted octanol–water partition coefficient (Wildman–Crippen LogP) is 2.58. The third-order valence-electron chi connectivity index (χ3n) is 6.31. The lowest BCUT2D eigenvalue weighted by Gasteiger charge is -2.38. The summed E-state index contributed by atoms with van der Waals surface area (Å²) < 4.78 is 6.32. The highest BCUT2D eigenvalue weighted by Crippen LogP contribution is 2.43. The van der Waals surface area contributed by atoms with E-state index in [9.17, 15) is 0 Å². The molecule has 6 heteroatoms. The third-order valence-corrected chi connectivity index (χ3v) is 6.31. The number of rotatable bonds is 5. The van der Waals surface area contributed by atoms with Gasteiger partial charge in [0.25, 0.3) is 0 Å². The molecule has 0 amide bonds. The van der Waals surface area contributed by atoms with Crippen molar-refractivity contribution in [3.05, 3.63) is 35.9 Å². The number of likely N-dealkylation sites (tertiary alicyclic amines) is 1. The number of hydrogen-bond donors (Lipinski definition) is 1. The van der Waals surface area contributed by atoms with Gasteiger partial charge in [-0.3, -0.25) is 4.90 Å². The van der Waals surface area contributed by atoms with Crippen molar-refractivity contribution in [2.24, 2.45) is 15.2 Å². The lowest BCUT2D eigenvalue weighted by atomic mass is 9.87. The van der Waals surface area contributed by atoms with Crippen LogP contribution in [0.3, 0.4) is 0 Å². The van der Waals surface area contributed by atoms with Crippen molar-refractivity contribution in [2.45, 2.75) is 49.3 Å². The maximum absolute atomic E-state index is 6.32. The molecule has 1 aromatic rings. The van der Waals surface area contributed by atoms with Crippen LogP contribution in [0.1, 0.15) is 37.2 Å². The maximum Gasteiger partial charge on any atom is 0.161 e. The van der Waals surface area contributed by atoms with E-state index in [1.165, 1.54) is 12.0 Å². The Morgan fingerprint density at radius 2 is 2.04 bits per heavy atom. The highest BCUT2D eigenvalue weighted by Gasteiger charge is 2.46. The molecule has 5 rings (SSSR count). The first-order chi connectivity index (χ1) is 12.8. The van der Waals surface area contributed by atoms with Crippen LogP contribution in [0.2, 0.25) is 0 Å². The van der Waals surface area contributed by atoms with Crippen LogP contribution in [0.4, 0.5) is 0 Å². The molecule has 3 fully saturated rings. The molecule has 4 aliphatic rings. The van der Waals surface area contributed by atoms with Gasteiger partial charge in [-0.2, -0.15) is 5.11 Å². The Hall–Kier alpha value is -1.63. The largest absolute Gasteiger partial charge is 0.373 e. The molecule has 1 saturated carbocycles. The van der Waals surface area contributed by atoms with Crippen LogP contribution >= 0.6 is 0 Å². The summed E-state index contributed by atoms with van der Waals surface area (Å²) in [6.07, 6.45) is 4.64. The monoisotopic (exact) mass is 353 g/mol. The Labute approximate surface area is 154 Å². The summed E-state index contributed by atoms with van der Waals surface area (Å²) >= 11 is 0. The first-order valence-corrected chi connectivity index (χ1v) is 9.88. The smallest absolute Gasteiger partial charge is 0.161 e. The third kappa shape index (κ3) is 3.46. The fourth-order valence-electron chi connectivity index (χ4n) is 4.71. The van der Waals surface area contributed by atoms with E-state index in [4.69, 9.17) is 4.74 Å². The second-order valence-electron chi connectivity index (χ2n) is 8.15. The Morgan fingerprint density at radius 3 is 2.81 bits per heavy atom. The number of nitrogens with zero attached hydrogens (tertiary/aromatic N) is 4. The van der Waals surface area contributed by atoms with Gasteiger partial charge in [-0.15, -0.1) is 5.11 Å². The summed E-state index contributed by atoms with van der Waals surface area (Å²) in [7, 11) is 0. The van der Waals surface area contributed by atoms with E-state index in [1.807, 2.05) is 0 Å². The number of nitrogens with one attached hydrogen (secondary N) is 1. The van der Waals surface area contributed by atoms with Gasteiger partial charge in [0.1, 0.15) is 0 Å². The topological polar surface area (TPSA) is 61.6 Å². The van der Waals surface area contributed by atoms with Crippen LogP contribution in [0.5, 0.6) is 0 Å². The summed E-state index contributed by atoms with van der Waals surface area (Å²) in [5.74, 6) is 1.57. The van der Waals surface area contributed by atoms with E-state index in [1.54, 1.807) is 0 Å². The standard InChI is InChI=1S/C20H27N5O/c1-2-4-15(5-3-1)17-10-18(17)23-16-11-20(26-13-16)6-8-25(9-7-20)12-19-21-14-22-24-19/h1-5,16-18,23H,6-14H2/t16?,17-,18+/m0/s1. The Bertz CT molecular complexity index is 695. The molecule has 0 radical (unpaired) electrons. The zero-order chi connectivity index (χ0) is 17.4. The Balaban J connectivity index is 1.10. The lowest BCUT2D eigenvalue weighted by Crippen LogP contribution is -2.46. The summed E-state index contributed by atoms with van der Waals surface area (Å²) in [4.78, 5) is 6.74. The first-order valence-electron chi connectivity index (χ1n) is 9.88. The number of benzene rings is 1. The number of piperidine rings is 1. The van der Waals surface area contributed by atoms with Crippen molar-refractivity contribution in [1.29, 1.82) is 0 Å². The quantitative estimate of drug-likeness (QED) is 0.885. The fourth-order valence-corrected chi connectivity index (χ4v) is 4.71. The summed E-state index contributed by atoms with van der Waals surface area (Å²) in [5, 5.41) is 11.9. The van der Waals surface area contributed by atoms with Crippen molar-refractivity contribution in [2.75, 3.05) is 32.9 Å². The molecule has 1 unspecified atom stereocenters. The molecular formula is C20H27N5O. The van der Waals surface area contributed by atoms with Gasteiger partial charge in [0.05, 0.1) is 18.8 Å². The number of azo groups is 1. The average molecular weight is 353 g/mol. The first kappa shape index (κ1) is 16.5. The van der Waals surface area contributed by atoms with Crippen LogP contribution in [0.15, 0.2) is 45.6 Å². The number of amidine groups is 1. The highest BCUT2D eigenvalue weighted by atomic mass is 16.5. The van der Waals surface area contributed by atoms with Crippen LogP contribution in [-0.4, -0.2) is 61.3 Å². The van der Waals surface area contributed by atoms with Crippen molar-refractivity contribution < 1.29 is 4.74 Å². The van der Waals surface area contributed by atoms with Gasteiger partial charge in [0.15, 0.2) is 12.5 Å². The zero-order valence-electron chi connectivity index (χ0n) is 15.2. The van der Waals surface area contributed by atoms with Gasteiger partial charge in [0, 0.05) is 31.1 Å². The molecule has 3 atom stereocenters. The lowest BCUT2D eigenvalue weighted by molar-refractivity contribution is -0.0410. The molecule has 26 heavy (non-hydrogen) atoms. The van der Waals surface area contributed by atoms with Gasteiger partial charge in [0.2, 0.25) is 0 Å². The summed E-state index contributed by atoms with van der Waals surface area (Å²) in [6, 6.07) is 12.0. The second-order valence-corrected chi connectivity index (χ2v) is 8.15. The Kier molecular flexibility index (Phi) is 4.35. The Morgan fingerprint density at radius 1 is 1.19 bits per heavy atom. The predicted molar refractivity (Wildman–Crippen MR) is 101 cm³/mol. The van der Waals surface area contributed by atoms with Crippen LogP contribution in [-0.2, 0) is 4.74 Å². The number of aliphatic imine (C=N–C) groups is 1. The molecular weight excluding hydrogens is 326 g/mol. The second kappa shape index (κ2) is 6.83. The van der Waals surface area contributed by atoms with E-state index < -0.39 is 0 Å². The summed E-state index contributed by atoms with van der Waals surface area (Å²) in [6.45, 7) is 4.34. The molecule has 6 nitrogen and oxygen atoms in total. The van der Waals surface area contributed by atoms with E-state index in [0.717, 1.165) is 51.3 Å². The molecule has 1 spiro atoms. The molecule has 3 heterocycles. The van der Waals surface area contributed by atoms with E-state index in [2.05, 4.69) is 55.8 Å². The van der Waals surface area contributed by atoms with Crippen molar-refractivity contribution >= 4 is 5.84 Å². The number of ether oxygens (including phenoxy) is 1. The minimum Gasteiger partial charge on any atom is -0.373 e. The molecule has 1 aliphatic carbocycles. The van der Waals surface area contributed by atoms with Crippen LogP contribution in [0, 0.1) is 0 Å². The SMILES string of the molecule is c1ccc([C@@H]2C[C@H]2NC2COC3(CCN(CC4=NCN=N4)CC3)C2)cc1. The minimum atomic E-state index is 0.0876. The van der Waals surface area contributed by atoms with E-state index in [0.29, 0.717) is 24.7 Å². The molecule has 0 aromatic heterocycles. The minimum absolute atomic E-state index is 0.0876. The van der Waals surface area contributed by atoms with Crippen molar-refractivity contribution in [3.8, 4) is 0 Å². The normalized spacial score (nSPS) is 32.9. The maximum atomic E-state index is 6.32. The summed E-state index contributed by atoms with van der Waals surface area (Å²) in [5.41, 5.74) is 1.56. The van der Waals surface area contributed by atoms with Crippen molar-refractivity contribution in [3.63, 3.8) is 0 Å². The molecule has 0 bridgehead atoms. The van der Waals surface area contributed by atoms with Crippen LogP contribution < -0.4 is 5.32 Å². The highest BCUT2D eigenvalue weighted by molar-refractivity contribution is 5.85. The number of hydrogen-bond acceptors (Lipinski definition) is 6. The molecule has 2 saturated heterocycles. The van der Waals surface area contributed by atoms with Crippen molar-refractivity contribution in [1.82, 2.24) is 10.2 Å². The molecule has 3 aliphatic heterocycles. The van der Waals surface area contributed by atoms with Gasteiger partial charge < -0.3 is 10.1 Å². The van der Waals surface area contributed by atoms with Crippen LogP contribution in [0.25, 0.3) is 0 Å². The molecule has 1 N–H and O–H groups in total.